The van der Waals surface area contributed by atoms with Crippen LogP contribution in [0.25, 0.3) is 0 Å². The minimum Gasteiger partial charge on any atom is -0.122 e. The van der Waals surface area contributed by atoms with Crippen molar-refractivity contribution in [1.82, 2.24) is 0 Å². The third-order valence-corrected chi connectivity index (χ3v) is 1.21. The fraction of sp³-hybridized carbons (Fsp3) is 0.600. The van der Waals surface area contributed by atoms with Gasteiger partial charge in [-0.25, -0.2) is 0 Å². The SMILES string of the molecule is CC/C(Cl)=C/CCl. The molecular formula is C5H8Cl2. The topological polar surface area (TPSA) is 0 Å². The summed E-state index contributed by atoms with van der Waals surface area (Å²) in [6.07, 6.45) is 2.68. The lowest BCUT2D eigenvalue weighted by Crippen LogP contribution is -1.66. The van der Waals surface area contributed by atoms with Crippen molar-refractivity contribution < 1.29 is 0 Å². The lowest BCUT2D eigenvalue weighted by atomic mass is 10.4. The summed E-state index contributed by atoms with van der Waals surface area (Å²) in [5, 5.41) is 0.843. The summed E-state index contributed by atoms with van der Waals surface area (Å²) < 4.78 is 0. The van der Waals surface area contributed by atoms with Crippen molar-refractivity contribution in [3.05, 3.63) is 11.1 Å². The van der Waals surface area contributed by atoms with Gasteiger partial charge in [0.25, 0.3) is 0 Å². The standard InChI is InChI=1S/C5H8Cl2/c1-2-5(7)3-4-6/h3H,2,4H2,1H3/b5-3-. The van der Waals surface area contributed by atoms with Crippen LogP contribution >= 0.6 is 23.2 Å². The van der Waals surface area contributed by atoms with Crippen LogP contribution in [-0.4, -0.2) is 5.88 Å². The largest absolute Gasteiger partial charge is 0.122 e. The molecule has 0 aliphatic carbocycles. The number of hydrogen-bond acceptors (Lipinski definition) is 0. The molecule has 7 heavy (non-hydrogen) atoms. The Morgan fingerprint density at radius 2 is 2.29 bits per heavy atom. The molecule has 0 amide bonds. The lowest BCUT2D eigenvalue weighted by molar-refractivity contribution is 1.19. The highest BCUT2D eigenvalue weighted by Gasteiger charge is 1.80. The molecule has 0 atom stereocenters. The lowest BCUT2D eigenvalue weighted by Gasteiger charge is -1.84. The normalized spacial score (nSPS) is 12.1. The number of halogens is 2. The molecule has 42 valence electrons. The first-order chi connectivity index (χ1) is 3.31. The van der Waals surface area contributed by atoms with Crippen molar-refractivity contribution in [1.29, 1.82) is 0 Å². The monoisotopic (exact) mass is 138 g/mol. The summed E-state index contributed by atoms with van der Waals surface area (Å²) in [5.74, 6) is 0.521. The van der Waals surface area contributed by atoms with Crippen LogP contribution in [0.5, 0.6) is 0 Å². The quantitative estimate of drug-likeness (QED) is 0.516. The van der Waals surface area contributed by atoms with Gasteiger partial charge >= 0.3 is 0 Å². The minimum atomic E-state index is 0.521. The van der Waals surface area contributed by atoms with Crippen LogP contribution in [0, 0.1) is 0 Å². The first-order valence-electron chi connectivity index (χ1n) is 2.21. The molecule has 0 fully saturated rings. The van der Waals surface area contributed by atoms with E-state index in [1.807, 2.05) is 6.92 Å². The molecule has 0 bridgehead atoms. The molecule has 0 spiro atoms. The second kappa shape index (κ2) is 4.48. The maximum atomic E-state index is 5.54. The van der Waals surface area contributed by atoms with E-state index in [1.165, 1.54) is 0 Å². The van der Waals surface area contributed by atoms with Gasteiger partial charge in [-0.05, 0) is 6.42 Å². The zero-order valence-electron chi connectivity index (χ0n) is 4.25. The summed E-state index contributed by atoms with van der Waals surface area (Å²) in [6.45, 7) is 1.99. The number of alkyl halides is 1. The molecule has 0 unspecified atom stereocenters. The first-order valence-corrected chi connectivity index (χ1v) is 3.13. The Labute approximate surface area is 54.1 Å². The van der Waals surface area contributed by atoms with Crippen molar-refractivity contribution in [2.75, 3.05) is 5.88 Å². The van der Waals surface area contributed by atoms with Crippen LogP contribution in [-0.2, 0) is 0 Å². The van der Waals surface area contributed by atoms with Gasteiger partial charge in [-0.15, -0.1) is 11.6 Å². The third-order valence-electron chi connectivity index (χ3n) is 0.636. The molecule has 0 aliphatic rings. The van der Waals surface area contributed by atoms with Gasteiger partial charge in [-0.3, -0.25) is 0 Å². The average molecular weight is 139 g/mol. The Bertz CT molecular complexity index is 66.5. The van der Waals surface area contributed by atoms with Gasteiger partial charge in [0.05, 0.1) is 0 Å². The average Bonchev–Trinajstić information content (AvgIpc) is 1.68. The van der Waals surface area contributed by atoms with Crippen LogP contribution in [0.3, 0.4) is 0 Å². The molecule has 0 saturated carbocycles. The highest BCUT2D eigenvalue weighted by Crippen LogP contribution is 2.04. The summed E-state index contributed by atoms with van der Waals surface area (Å²) in [7, 11) is 0. The van der Waals surface area contributed by atoms with Gasteiger partial charge in [0, 0.05) is 10.9 Å². The molecule has 0 aliphatic heterocycles. The molecule has 0 aromatic rings. The second-order valence-corrected chi connectivity index (χ2v) is 1.95. The van der Waals surface area contributed by atoms with E-state index in [1.54, 1.807) is 6.08 Å². The van der Waals surface area contributed by atoms with E-state index < -0.39 is 0 Å². The molecule has 0 radical (unpaired) electrons. The second-order valence-electron chi connectivity index (χ2n) is 1.16. The Morgan fingerprint density at radius 1 is 1.71 bits per heavy atom. The van der Waals surface area contributed by atoms with Crippen LogP contribution < -0.4 is 0 Å². The van der Waals surface area contributed by atoms with E-state index in [-0.39, 0.29) is 0 Å². The Balaban J connectivity index is 3.29. The van der Waals surface area contributed by atoms with Gasteiger partial charge in [0.2, 0.25) is 0 Å². The number of hydrogen-bond donors (Lipinski definition) is 0. The van der Waals surface area contributed by atoms with E-state index in [2.05, 4.69) is 0 Å². The van der Waals surface area contributed by atoms with Crippen molar-refractivity contribution in [2.45, 2.75) is 13.3 Å². The van der Waals surface area contributed by atoms with Crippen molar-refractivity contribution in [3.8, 4) is 0 Å². The van der Waals surface area contributed by atoms with Crippen LogP contribution in [0.15, 0.2) is 11.1 Å². The Kier molecular flexibility index (Phi) is 4.68. The molecule has 0 N–H and O–H groups in total. The number of allylic oxidation sites excluding steroid dienone is 2. The molecule has 0 aromatic carbocycles. The smallest absolute Gasteiger partial charge is 0.0418 e. The molecule has 0 aromatic heterocycles. The zero-order valence-corrected chi connectivity index (χ0v) is 5.76. The highest BCUT2D eigenvalue weighted by atomic mass is 35.5. The molecule has 0 saturated heterocycles. The van der Waals surface area contributed by atoms with Gasteiger partial charge in [0.1, 0.15) is 0 Å². The van der Waals surface area contributed by atoms with Crippen LogP contribution in [0.1, 0.15) is 13.3 Å². The highest BCUT2D eigenvalue weighted by molar-refractivity contribution is 6.30. The zero-order chi connectivity index (χ0) is 5.70. The van der Waals surface area contributed by atoms with Gasteiger partial charge in [-0.1, -0.05) is 24.6 Å². The molecular weight excluding hydrogens is 131 g/mol. The van der Waals surface area contributed by atoms with E-state index in [0.717, 1.165) is 11.5 Å². The fourth-order valence-electron chi connectivity index (χ4n) is 0.228. The van der Waals surface area contributed by atoms with Crippen LogP contribution in [0.2, 0.25) is 0 Å². The van der Waals surface area contributed by atoms with Crippen molar-refractivity contribution >= 4 is 23.2 Å². The molecule has 0 heterocycles. The Hall–Kier alpha value is 0.320. The maximum absolute atomic E-state index is 5.54. The predicted molar refractivity (Wildman–Crippen MR) is 34.9 cm³/mol. The van der Waals surface area contributed by atoms with E-state index in [9.17, 15) is 0 Å². The number of rotatable bonds is 2. The van der Waals surface area contributed by atoms with Gasteiger partial charge < -0.3 is 0 Å². The molecule has 0 rings (SSSR count). The summed E-state index contributed by atoms with van der Waals surface area (Å²) >= 11 is 10.9. The van der Waals surface area contributed by atoms with E-state index >= 15 is 0 Å². The summed E-state index contributed by atoms with van der Waals surface area (Å²) in [5.41, 5.74) is 0. The van der Waals surface area contributed by atoms with Crippen molar-refractivity contribution in [2.24, 2.45) is 0 Å². The van der Waals surface area contributed by atoms with E-state index in [0.29, 0.717) is 5.88 Å². The Morgan fingerprint density at radius 3 is 2.43 bits per heavy atom. The third kappa shape index (κ3) is 4.17. The first kappa shape index (κ1) is 7.32. The van der Waals surface area contributed by atoms with E-state index in [4.69, 9.17) is 23.2 Å². The molecule has 2 heteroatoms. The van der Waals surface area contributed by atoms with Crippen LogP contribution in [0.4, 0.5) is 0 Å². The van der Waals surface area contributed by atoms with Gasteiger partial charge in [0.15, 0.2) is 0 Å². The summed E-state index contributed by atoms with van der Waals surface area (Å²) in [4.78, 5) is 0. The maximum Gasteiger partial charge on any atom is 0.0418 e. The minimum absolute atomic E-state index is 0.521. The summed E-state index contributed by atoms with van der Waals surface area (Å²) in [6, 6.07) is 0. The van der Waals surface area contributed by atoms with Gasteiger partial charge in [-0.2, -0.15) is 0 Å². The molecule has 0 nitrogen and oxygen atoms in total. The predicted octanol–water partition coefficient (Wildman–Crippen LogP) is 2.76. The fourth-order valence-corrected chi connectivity index (χ4v) is 0.570. The van der Waals surface area contributed by atoms with Crippen molar-refractivity contribution in [3.63, 3.8) is 0 Å².